The van der Waals surface area contributed by atoms with Gasteiger partial charge in [-0.15, -0.1) is 0 Å². The maximum absolute atomic E-state index is 9.05. The molecule has 0 N–H and O–H groups in total. The van der Waals surface area contributed by atoms with E-state index in [1.807, 2.05) is 0 Å². The number of hydrogen-bond acceptors (Lipinski definition) is 3. The van der Waals surface area contributed by atoms with Gasteiger partial charge in [0.15, 0.2) is 0 Å². The van der Waals surface area contributed by atoms with E-state index in [1.165, 1.54) is 14.0 Å². The van der Waals surface area contributed by atoms with E-state index >= 15 is 0 Å². The van der Waals surface area contributed by atoms with Crippen molar-refractivity contribution in [2.75, 3.05) is 7.11 Å². The fourth-order valence-corrected chi connectivity index (χ4v) is 0. The Balaban J connectivity index is 0. The van der Waals surface area contributed by atoms with Crippen LogP contribution in [0.4, 0.5) is 0 Å². The van der Waals surface area contributed by atoms with Crippen LogP contribution < -0.4 is 0 Å². The van der Waals surface area contributed by atoms with Crippen LogP contribution in [0, 0.1) is 0 Å². The smallest absolute Gasteiger partial charge is 0.304 e. The molecule has 0 aliphatic rings. The Morgan fingerprint density at radius 2 is 1.86 bits per heavy atom. The fraction of sp³-hybridized carbons (Fsp3) is 0.667. The van der Waals surface area contributed by atoms with Crippen LogP contribution in [0.2, 0.25) is 0 Å². The molecular formula is C3H7O3P. The molecule has 0 radical (unpaired) electrons. The minimum absolute atomic E-state index is 0.252. The lowest BCUT2D eigenvalue weighted by Crippen LogP contribution is -1.42. The summed E-state index contributed by atoms with van der Waals surface area (Å²) in [5.74, 6) is 0. The van der Waals surface area contributed by atoms with E-state index in [9.17, 15) is 0 Å². The summed E-state index contributed by atoms with van der Waals surface area (Å²) in [4.78, 5) is 8.81. The average Bonchev–Trinajstić information content (AvgIpc) is 1.69. The molecular weight excluding hydrogens is 115 g/mol. The summed E-state index contributed by atoms with van der Waals surface area (Å²) in [6.07, 6.45) is 0.750. The standard InChI is InChI=1S/C2H4O.CH3O2P/c1-2-3;1-3-4-2/h2H,1H3;1H3. The highest BCUT2D eigenvalue weighted by Gasteiger charge is 1.51. The first-order valence-electron chi connectivity index (χ1n) is 1.59. The molecule has 42 valence electrons. The Morgan fingerprint density at radius 3 is 1.86 bits per heavy atom. The lowest BCUT2D eigenvalue weighted by atomic mass is 11.0. The molecule has 0 bridgehead atoms. The minimum atomic E-state index is -0.252. The minimum Gasteiger partial charge on any atom is -0.304 e. The van der Waals surface area contributed by atoms with Gasteiger partial charge in [-0.1, -0.05) is 0 Å². The van der Waals surface area contributed by atoms with Gasteiger partial charge < -0.3 is 4.79 Å². The summed E-state index contributed by atoms with van der Waals surface area (Å²) in [6, 6.07) is 0. The number of aldehydes is 1. The monoisotopic (exact) mass is 122 g/mol. The van der Waals surface area contributed by atoms with Crippen molar-refractivity contribution < 1.29 is 13.9 Å². The third-order valence-corrected chi connectivity index (χ3v) is 0.224. The second-order valence-corrected chi connectivity index (χ2v) is 1.01. The van der Waals surface area contributed by atoms with Gasteiger partial charge in [0.25, 0.3) is 0 Å². The highest BCUT2D eigenvalue weighted by atomic mass is 31.1. The molecule has 0 aliphatic carbocycles. The van der Waals surface area contributed by atoms with Crippen LogP contribution in [0.15, 0.2) is 0 Å². The fourth-order valence-electron chi connectivity index (χ4n) is 0. The Bertz CT molecular complexity index is 45.4. The van der Waals surface area contributed by atoms with Gasteiger partial charge in [0.2, 0.25) is 0 Å². The molecule has 7 heavy (non-hydrogen) atoms. The molecule has 0 saturated heterocycles. The van der Waals surface area contributed by atoms with Crippen LogP contribution in [0.5, 0.6) is 0 Å². The summed E-state index contributed by atoms with van der Waals surface area (Å²) in [5.41, 5.74) is 0. The van der Waals surface area contributed by atoms with Crippen LogP contribution in [0.1, 0.15) is 6.92 Å². The SMILES string of the molecule is CC=O.COP=O. The molecule has 0 rings (SSSR count). The van der Waals surface area contributed by atoms with E-state index in [1.54, 1.807) is 0 Å². The highest BCUT2D eigenvalue weighted by Crippen LogP contribution is 1.83. The molecule has 0 atom stereocenters. The first kappa shape index (κ1) is 9.88. The van der Waals surface area contributed by atoms with Crippen LogP contribution in [-0.2, 0) is 13.9 Å². The van der Waals surface area contributed by atoms with Gasteiger partial charge in [-0.3, -0.25) is 4.52 Å². The predicted molar refractivity (Wildman–Crippen MR) is 26.4 cm³/mol. The first-order chi connectivity index (χ1) is 3.33. The van der Waals surface area contributed by atoms with Crippen LogP contribution in [0.25, 0.3) is 0 Å². The Labute approximate surface area is 44.0 Å². The second-order valence-electron chi connectivity index (χ2n) is 0.493. The maximum Gasteiger partial charge on any atom is 0.327 e. The summed E-state index contributed by atoms with van der Waals surface area (Å²) in [7, 11) is 1.10. The van der Waals surface area contributed by atoms with Gasteiger partial charge in [-0.25, -0.2) is 4.57 Å². The van der Waals surface area contributed by atoms with Gasteiger partial charge in [-0.05, 0) is 6.92 Å². The molecule has 0 aromatic heterocycles. The zero-order chi connectivity index (χ0) is 6.12. The predicted octanol–water partition coefficient (Wildman–Crippen LogP) is 1.04. The van der Waals surface area contributed by atoms with E-state index in [2.05, 4.69) is 4.52 Å². The molecule has 0 aromatic rings. The number of carbonyl (C=O) groups is 1. The number of hydrogen-bond donors (Lipinski definition) is 0. The van der Waals surface area contributed by atoms with Gasteiger partial charge in [-0.2, -0.15) is 0 Å². The van der Waals surface area contributed by atoms with Crippen molar-refractivity contribution in [3.63, 3.8) is 0 Å². The lowest BCUT2D eigenvalue weighted by Gasteiger charge is -1.57. The van der Waals surface area contributed by atoms with E-state index in [0.29, 0.717) is 0 Å². The van der Waals surface area contributed by atoms with E-state index in [0.717, 1.165) is 6.29 Å². The summed E-state index contributed by atoms with van der Waals surface area (Å²) < 4.78 is 13.0. The normalized spacial score (nSPS) is 6.57. The highest BCUT2D eigenvalue weighted by molar-refractivity contribution is 7.17. The average molecular weight is 122 g/mol. The largest absolute Gasteiger partial charge is 0.327 e. The molecule has 0 saturated carbocycles. The van der Waals surface area contributed by atoms with Crippen molar-refractivity contribution in [3.8, 4) is 0 Å². The van der Waals surface area contributed by atoms with Gasteiger partial charge >= 0.3 is 8.69 Å². The van der Waals surface area contributed by atoms with Crippen molar-refractivity contribution in [1.82, 2.24) is 0 Å². The zero-order valence-electron chi connectivity index (χ0n) is 4.25. The molecule has 0 aliphatic heterocycles. The number of carbonyl (C=O) groups excluding carboxylic acids is 1. The molecule has 0 heterocycles. The van der Waals surface area contributed by atoms with Crippen molar-refractivity contribution in [3.05, 3.63) is 0 Å². The van der Waals surface area contributed by atoms with Gasteiger partial charge in [0, 0.05) is 7.11 Å². The van der Waals surface area contributed by atoms with Crippen molar-refractivity contribution >= 4 is 15.0 Å². The molecule has 0 fully saturated rings. The van der Waals surface area contributed by atoms with E-state index < -0.39 is 0 Å². The zero-order valence-corrected chi connectivity index (χ0v) is 5.14. The van der Waals surface area contributed by atoms with Crippen molar-refractivity contribution in [2.45, 2.75) is 6.92 Å². The van der Waals surface area contributed by atoms with Crippen LogP contribution in [0.3, 0.4) is 0 Å². The Morgan fingerprint density at radius 1 is 1.71 bits per heavy atom. The van der Waals surface area contributed by atoms with Crippen molar-refractivity contribution in [2.24, 2.45) is 0 Å². The molecule has 3 nitrogen and oxygen atoms in total. The summed E-state index contributed by atoms with van der Waals surface area (Å²) >= 11 is 0. The van der Waals surface area contributed by atoms with Crippen LogP contribution >= 0.6 is 8.69 Å². The second kappa shape index (κ2) is 17.2. The molecule has 4 heteroatoms. The van der Waals surface area contributed by atoms with E-state index in [-0.39, 0.29) is 8.69 Å². The molecule has 0 aromatic carbocycles. The van der Waals surface area contributed by atoms with Crippen LogP contribution in [-0.4, -0.2) is 13.4 Å². The molecule has 0 unspecified atom stereocenters. The topological polar surface area (TPSA) is 43.4 Å². The quantitative estimate of drug-likeness (QED) is 0.385. The number of rotatable bonds is 1. The Kier molecular flexibility index (Phi) is 24.3. The third-order valence-electron chi connectivity index (χ3n) is 0.0745. The molecule has 0 amide bonds. The van der Waals surface area contributed by atoms with Gasteiger partial charge in [0.05, 0.1) is 0 Å². The summed E-state index contributed by atoms with van der Waals surface area (Å²) in [5, 5.41) is 0. The first-order valence-corrected chi connectivity index (χ1v) is 2.32. The van der Waals surface area contributed by atoms with E-state index in [4.69, 9.17) is 9.36 Å². The lowest BCUT2D eigenvalue weighted by molar-refractivity contribution is -0.106. The third kappa shape index (κ3) is 150. The maximum atomic E-state index is 9.05. The van der Waals surface area contributed by atoms with Crippen molar-refractivity contribution in [1.29, 1.82) is 0 Å². The summed E-state index contributed by atoms with van der Waals surface area (Å²) in [6.45, 7) is 1.44. The van der Waals surface area contributed by atoms with Gasteiger partial charge in [0.1, 0.15) is 6.29 Å². The molecule has 0 spiro atoms. The Hall–Kier alpha value is -0.270.